The minimum atomic E-state index is -0.454. The molecule has 6 nitrogen and oxygen atoms in total. The molecule has 1 aromatic rings. The molecule has 0 bridgehead atoms. The summed E-state index contributed by atoms with van der Waals surface area (Å²) >= 11 is 0. The lowest BCUT2D eigenvalue weighted by molar-refractivity contribution is -0.384. The molecule has 1 aromatic carbocycles. The van der Waals surface area contributed by atoms with Crippen molar-refractivity contribution >= 4 is 11.6 Å². The predicted octanol–water partition coefficient (Wildman–Crippen LogP) is 1.86. The Balaban J connectivity index is 2.26. The minimum absolute atomic E-state index is 0.00747. The maximum atomic E-state index is 12.6. The Morgan fingerprint density at radius 1 is 1.50 bits per heavy atom. The molecule has 20 heavy (non-hydrogen) atoms. The monoisotopic (exact) mass is 277 g/mol. The summed E-state index contributed by atoms with van der Waals surface area (Å²) in [6, 6.07) is 4.43. The van der Waals surface area contributed by atoms with Gasteiger partial charge in [-0.05, 0) is 37.8 Å². The highest BCUT2D eigenvalue weighted by Crippen LogP contribution is 2.23. The van der Waals surface area contributed by atoms with Crippen LogP contribution in [0.3, 0.4) is 0 Å². The summed E-state index contributed by atoms with van der Waals surface area (Å²) in [5.41, 5.74) is 6.89. The lowest BCUT2D eigenvalue weighted by Gasteiger charge is -2.35. The third-order valence-corrected chi connectivity index (χ3v) is 3.81. The third-order valence-electron chi connectivity index (χ3n) is 3.81. The van der Waals surface area contributed by atoms with Crippen LogP contribution in [0.4, 0.5) is 5.69 Å². The van der Waals surface area contributed by atoms with Crippen LogP contribution in [0.1, 0.15) is 35.2 Å². The van der Waals surface area contributed by atoms with Gasteiger partial charge in [0.05, 0.1) is 4.92 Å². The van der Waals surface area contributed by atoms with Crippen LogP contribution in [0.2, 0.25) is 0 Å². The molecule has 1 aliphatic heterocycles. The number of nitro benzene ring substituents is 1. The molecule has 108 valence electrons. The second-order valence-corrected chi connectivity index (χ2v) is 5.14. The zero-order valence-electron chi connectivity index (χ0n) is 11.5. The van der Waals surface area contributed by atoms with Crippen molar-refractivity contribution in [3.8, 4) is 0 Å². The number of piperidine rings is 1. The van der Waals surface area contributed by atoms with E-state index in [1.165, 1.54) is 18.2 Å². The summed E-state index contributed by atoms with van der Waals surface area (Å²) in [6.07, 6.45) is 2.99. The number of carbonyl (C=O) groups is 1. The lowest BCUT2D eigenvalue weighted by atomic mass is 9.99. The molecule has 1 aliphatic rings. The minimum Gasteiger partial charge on any atom is -0.334 e. The van der Waals surface area contributed by atoms with E-state index in [-0.39, 0.29) is 17.6 Å². The molecule has 1 amide bonds. The Hall–Kier alpha value is -1.95. The van der Waals surface area contributed by atoms with Gasteiger partial charge >= 0.3 is 0 Å². The van der Waals surface area contributed by atoms with Crippen molar-refractivity contribution in [1.29, 1.82) is 0 Å². The Labute approximate surface area is 117 Å². The summed E-state index contributed by atoms with van der Waals surface area (Å²) in [6.45, 7) is 2.89. The highest BCUT2D eigenvalue weighted by Gasteiger charge is 2.27. The standard InChI is InChI=1S/C14H19N3O3/c1-10-8-11(17(19)20)5-6-13(10)14(18)16-7-3-2-4-12(16)9-15/h5-6,8,12H,2-4,7,9,15H2,1H3. The largest absolute Gasteiger partial charge is 0.334 e. The molecule has 2 N–H and O–H groups in total. The Morgan fingerprint density at radius 2 is 2.25 bits per heavy atom. The molecule has 0 aromatic heterocycles. The summed E-state index contributed by atoms with van der Waals surface area (Å²) in [7, 11) is 0. The van der Waals surface area contributed by atoms with Gasteiger partial charge in [-0.3, -0.25) is 14.9 Å². The van der Waals surface area contributed by atoms with Crippen LogP contribution in [0.5, 0.6) is 0 Å². The highest BCUT2D eigenvalue weighted by molar-refractivity contribution is 5.96. The molecule has 1 unspecified atom stereocenters. The molecule has 6 heteroatoms. The molecule has 2 rings (SSSR count). The number of nitro groups is 1. The van der Waals surface area contributed by atoms with Crippen LogP contribution >= 0.6 is 0 Å². The Morgan fingerprint density at radius 3 is 2.85 bits per heavy atom. The number of amides is 1. The average molecular weight is 277 g/mol. The Bertz CT molecular complexity index is 530. The van der Waals surface area contributed by atoms with E-state index >= 15 is 0 Å². The van der Waals surface area contributed by atoms with E-state index in [2.05, 4.69) is 0 Å². The topological polar surface area (TPSA) is 89.5 Å². The van der Waals surface area contributed by atoms with Gasteiger partial charge < -0.3 is 10.6 Å². The fourth-order valence-electron chi connectivity index (χ4n) is 2.67. The van der Waals surface area contributed by atoms with Crippen molar-refractivity contribution < 1.29 is 9.72 Å². The van der Waals surface area contributed by atoms with Gasteiger partial charge in [-0.15, -0.1) is 0 Å². The average Bonchev–Trinajstić information content (AvgIpc) is 2.46. The Kier molecular flexibility index (Phi) is 4.34. The van der Waals surface area contributed by atoms with Crippen LogP contribution in [0.15, 0.2) is 18.2 Å². The van der Waals surface area contributed by atoms with E-state index in [4.69, 9.17) is 5.73 Å². The lowest BCUT2D eigenvalue weighted by Crippen LogP contribution is -2.47. The fourth-order valence-corrected chi connectivity index (χ4v) is 2.67. The quantitative estimate of drug-likeness (QED) is 0.674. The smallest absolute Gasteiger partial charge is 0.269 e. The van der Waals surface area contributed by atoms with Crippen molar-refractivity contribution in [2.45, 2.75) is 32.2 Å². The summed E-state index contributed by atoms with van der Waals surface area (Å²) < 4.78 is 0. The maximum Gasteiger partial charge on any atom is 0.269 e. The predicted molar refractivity (Wildman–Crippen MR) is 75.6 cm³/mol. The van der Waals surface area contributed by atoms with Crippen molar-refractivity contribution in [2.75, 3.05) is 13.1 Å². The summed E-state index contributed by atoms with van der Waals surface area (Å²) in [5, 5.41) is 10.7. The summed E-state index contributed by atoms with van der Waals surface area (Å²) in [5.74, 6) is -0.0763. The number of nitrogens with two attached hydrogens (primary N) is 1. The molecular formula is C14H19N3O3. The molecular weight excluding hydrogens is 258 g/mol. The van der Waals surface area contributed by atoms with Crippen LogP contribution in [0, 0.1) is 17.0 Å². The number of rotatable bonds is 3. The van der Waals surface area contributed by atoms with Crippen LogP contribution < -0.4 is 5.73 Å². The molecule has 0 spiro atoms. The number of carbonyl (C=O) groups excluding carboxylic acids is 1. The van der Waals surface area contributed by atoms with E-state index in [9.17, 15) is 14.9 Å². The number of non-ortho nitro benzene ring substituents is 1. The van der Waals surface area contributed by atoms with Gasteiger partial charge in [0.2, 0.25) is 0 Å². The molecule has 0 saturated carbocycles. The fraction of sp³-hybridized carbons (Fsp3) is 0.500. The van der Waals surface area contributed by atoms with Gasteiger partial charge in [-0.25, -0.2) is 0 Å². The molecule has 1 atom stereocenters. The van der Waals surface area contributed by atoms with Crippen molar-refractivity contribution in [2.24, 2.45) is 5.73 Å². The SMILES string of the molecule is Cc1cc([N+](=O)[O-])ccc1C(=O)N1CCCCC1CN. The maximum absolute atomic E-state index is 12.6. The number of hydrogen-bond acceptors (Lipinski definition) is 4. The van der Waals surface area contributed by atoms with Crippen LogP contribution in [-0.4, -0.2) is 34.9 Å². The van der Waals surface area contributed by atoms with E-state index in [1.54, 1.807) is 11.8 Å². The van der Waals surface area contributed by atoms with E-state index in [1.807, 2.05) is 0 Å². The van der Waals surface area contributed by atoms with Crippen molar-refractivity contribution in [3.63, 3.8) is 0 Å². The third kappa shape index (κ3) is 2.80. The zero-order chi connectivity index (χ0) is 14.7. The van der Waals surface area contributed by atoms with Crippen LogP contribution in [-0.2, 0) is 0 Å². The first kappa shape index (κ1) is 14.5. The number of nitrogens with zero attached hydrogens (tertiary/aromatic N) is 2. The molecule has 0 aliphatic carbocycles. The van der Waals surface area contributed by atoms with Gasteiger partial charge in [0, 0.05) is 36.8 Å². The second-order valence-electron chi connectivity index (χ2n) is 5.14. The molecule has 1 saturated heterocycles. The van der Waals surface area contributed by atoms with Gasteiger partial charge in [-0.1, -0.05) is 0 Å². The van der Waals surface area contributed by atoms with Crippen molar-refractivity contribution in [1.82, 2.24) is 4.90 Å². The first-order valence-electron chi connectivity index (χ1n) is 6.80. The molecule has 1 fully saturated rings. The van der Waals surface area contributed by atoms with Gasteiger partial charge in [0.15, 0.2) is 0 Å². The van der Waals surface area contributed by atoms with Gasteiger partial charge in [-0.2, -0.15) is 0 Å². The second kappa shape index (κ2) is 6.00. The van der Waals surface area contributed by atoms with Crippen molar-refractivity contribution in [3.05, 3.63) is 39.4 Å². The van der Waals surface area contributed by atoms with Gasteiger partial charge in [0.25, 0.3) is 11.6 Å². The first-order chi connectivity index (χ1) is 9.54. The van der Waals surface area contributed by atoms with E-state index in [0.29, 0.717) is 24.2 Å². The van der Waals surface area contributed by atoms with Crippen LogP contribution in [0.25, 0.3) is 0 Å². The number of aryl methyl sites for hydroxylation is 1. The molecule has 0 radical (unpaired) electrons. The summed E-state index contributed by atoms with van der Waals surface area (Å²) in [4.78, 5) is 24.6. The number of likely N-dealkylation sites (tertiary alicyclic amines) is 1. The van der Waals surface area contributed by atoms with E-state index in [0.717, 1.165) is 19.3 Å². The molecule has 1 heterocycles. The number of benzene rings is 1. The van der Waals surface area contributed by atoms with Gasteiger partial charge in [0.1, 0.15) is 0 Å². The van der Waals surface area contributed by atoms with E-state index < -0.39 is 4.92 Å². The first-order valence-corrected chi connectivity index (χ1v) is 6.80. The highest BCUT2D eigenvalue weighted by atomic mass is 16.6. The number of hydrogen-bond donors (Lipinski definition) is 1. The normalized spacial score (nSPS) is 18.9. The zero-order valence-corrected chi connectivity index (χ0v) is 11.5.